The number of carbonyl (C=O) groups excluding carboxylic acids is 1. The summed E-state index contributed by atoms with van der Waals surface area (Å²) in [5.41, 5.74) is 5.46. The van der Waals surface area contributed by atoms with Crippen molar-refractivity contribution >= 4 is 17.4 Å². The summed E-state index contributed by atoms with van der Waals surface area (Å²) in [5.74, 6) is 0. The predicted octanol–water partition coefficient (Wildman–Crippen LogP) is 2.81. The van der Waals surface area contributed by atoms with Crippen molar-refractivity contribution in [2.24, 2.45) is 5.73 Å². The summed E-state index contributed by atoms with van der Waals surface area (Å²) in [6.07, 6.45) is -0.398. The van der Waals surface area contributed by atoms with Crippen LogP contribution in [-0.2, 0) is 11.3 Å². The molecule has 1 amide bonds. The molecule has 0 saturated carbocycles. The summed E-state index contributed by atoms with van der Waals surface area (Å²) < 4.78 is 5.31. The zero-order chi connectivity index (χ0) is 16.8. The summed E-state index contributed by atoms with van der Waals surface area (Å²) >= 11 is 1.73. The molecular weight excluding hydrogens is 298 g/mol. The van der Waals surface area contributed by atoms with Crippen LogP contribution >= 0.6 is 11.3 Å². The number of ether oxygens (including phenoxy) is 1. The number of rotatable bonds is 7. The minimum Gasteiger partial charge on any atom is -0.444 e. The van der Waals surface area contributed by atoms with Gasteiger partial charge in [-0.05, 0) is 45.7 Å². The number of hydrogen-bond donors (Lipinski definition) is 2. The standard InChI is InChI=1S/C16H29N3O2S/c1-6-19(11-13-8-7-9-22-13)14(10-17)12(2)18-15(20)21-16(3,4)5/h7-9,12,14H,6,10-11,17H2,1-5H3,(H,18,20). The summed E-state index contributed by atoms with van der Waals surface area (Å²) in [5, 5.41) is 4.97. The van der Waals surface area contributed by atoms with Gasteiger partial charge in [0.15, 0.2) is 0 Å². The van der Waals surface area contributed by atoms with Crippen LogP contribution in [0.1, 0.15) is 39.5 Å². The van der Waals surface area contributed by atoms with E-state index in [0.717, 1.165) is 13.1 Å². The van der Waals surface area contributed by atoms with Gasteiger partial charge in [0.25, 0.3) is 0 Å². The maximum atomic E-state index is 11.9. The number of alkyl carbamates (subject to hydrolysis) is 1. The fourth-order valence-electron chi connectivity index (χ4n) is 2.33. The number of amides is 1. The average Bonchev–Trinajstić information content (AvgIpc) is 2.88. The molecule has 0 aliphatic carbocycles. The van der Waals surface area contributed by atoms with E-state index in [1.807, 2.05) is 33.8 Å². The highest BCUT2D eigenvalue weighted by molar-refractivity contribution is 7.09. The summed E-state index contributed by atoms with van der Waals surface area (Å²) in [4.78, 5) is 15.5. The zero-order valence-corrected chi connectivity index (χ0v) is 15.1. The number of nitrogens with one attached hydrogen (secondary N) is 1. The molecule has 0 spiro atoms. The molecule has 1 aromatic rings. The third-order valence-corrected chi connectivity index (χ3v) is 4.24. The Morgan fingerprint density at radius 3 is 2.64 bits per heavy atom. The Labute approximate surface area is 137 Å². The van der Waals surface area contributed by atoms with Gasteiger partial charge < -0.3 is 15.8 Å². The van der Waals surface area contributed by atoms with Gasteiger partial charge in [0, 0.05) is 30.1 Å². The van der Waals surface area contributed by atoms with E-state index < -0.39 is 11.7 Å². The van der Waals surface area contributed by atoms with E-state index in [9.17, 15) is 4.79 Å². The molecule has 0 aliphatic heterocycles. The van der Waals surface area contributed by atoms with Crippen LogP contribution in [0.3, 0.4) is 0 Å². The first-order chi connectivity index (χ1) is 10.3. The molecule has 0 aromatic carbocycles. The first-order valence-corrected chi connectivity index (χ1v) is 8.60. The van der Waals surface area contributed by atoms with E-state index in [-0.39, 0.29) is 12.1 Å². The van der Waals surface area contributed by atoms with Crippen LogP contribution in [-0.4, -0.2) is 41.8 Å². The first-order valence-electron chi connectivity index (χ1n) is 7.72. The Bertz CT molecular complexity index is 443. The average molecular weight is 327 g/mol. The molecule has 0 aliphatic rings. The maximum absolute atomic E-state index is 11.9. The number of nitrogens with two attached hydrogens (primary N) is 1. The second kappa shape index (κ2) is 8.50. The van der Waals surface area contributed by atoms with Crippen LogP contribution < -0.4 is 11.1 Å². The van der Waals surface area contributed by atoms with E-state index in [4.69, 9.17) is 10.5 Å². The zero-order valence-electron chi connectivity index (χ0n) is 14.3. The lowest BCUT2D eigenvalue weighted by molar-refractivity contribution is 0.0469. The Morgan fingerprint density at radius 2 is 2.18 bits per heavy atom. The SMILES string of the molecule is CCN(Cc1cccs1)C(CN)C(C)NC(=O)OC(C)(C)C. The molecule has 126 valence electrons. The van der Waals surface area contributed by atoms with Crippen molar-refractivity contribution in [3.05, 3.63) is 22.4 Å². The van der Waals surface area contributed by atoms with Crippen LogP contribution in [0.15, 0.2) is 17.5 Å². The van der Waals surface area contributed by atoms with Crippen molar-refractivity contribution in [3.8, 4) is 0 Å². The van der Waals surface area contributed by atoms with Crippen molar-refractivity contribution in [1.29, 1.82) is 0 Å². The molecule has 6 heteroatoms. The van der Waals surface area contributed by atoms with Gasteiger partial charge in [-0.1, -0.05) is 13.0 Å². The van der Waals surface area contributed by atoms with E-state index in [1.165, 1.54) is 4.88 Å². The number of carbonyl (C=O) groups is 1. The second-order valence-corrected chi connectivity index (χ2v) is 7.41. The third kappa shape index (κ3) is 6.34. The number of thiophene rings is 1. The lowest BCUT2D eigenvalue weighted by atomic mass is 10.1. The Kier molecular flexibility index (Phi) is 7.32. The lowest BCUT2D eigenvalue weighted by Gasteiger charge is -2.34. The molecule has 0 radical (unpaired) electrons. The lowest BCUT2D eigenvalue weighted by Crippen LogP contribution is -2.54. The molecule has 22 heavy (non-hydrogen) atoms. The van der Waals surface area contributed by atoms with Crippen molar-refractivity contribution in [1.82, 2.24) is 10.2 Å². The van der Waals surface area contributed by atoms with Crippen molar-refractivity contribution in [2.75, 3.05) is 13.1 Å². The summed E-state index contributed by atoms with van der Waals surface area (Å²) in [7, 11) is 0. The van der Waals surface area contributed by atoms with Crippen LogP contribution in [0.5, 0.6) is 0 Å². The number of hydrogen-bond acceptors (Lipinski definition) is 5. The smallest absolute Gasteiger partial charge is 0.407 e. The van der Waals surface area contributed by atoms with E-state index in [2.05, 4.69) is 28.6 Å². The fraction of sp³-hybridized carbons (Fsp3) is 0.688. The molecule has 5 nitrogen and oxygen atoms in total. The number of nitrogens with zero attached hydrogens (tertiary/aromatic N) is 1. The summed E-state index contributed by atoms with van der Waals surface area (Å²) in [6, 6.07) is 4.15. The Balaban J connectivity index is 2.65. The van der Waals surface area contributed by atoms with E-state index >= 15 is 0 Å². The number of likely N-dealkylation sites (N-methyl/N-ethyl adjacent to an activating group) is 1. The van der Waals surface area contributed by atoms with Crippen molar-refractivity contribution in [3.63, 3.8) is 0 Å². The highest BCUT2D eigenvalue weighted by atomic mass is 32.1. The van der Waals surface area contributed by atoms with E-state index in [1.54, 1.807) is 11.3 Å². The molecule has 1 rings (SSSR count). The second-order valence-electron chi connectivity index (χ2n) is 6.38. The maximum Gasteiger partial charge on any atom is 0.407 e. The molecule has 2 atom stereocenters. The molecule has 2 unspecified atom stereocenters. The largest absolute Gasteiger partial charge is 0.444 e. The highest BCUT2D eigenvalue weighted by Crippen LogP contribution is 2.15. The predicted molar refractivity (Wildman–Crippen MR) is 92.1 cm³/mol. The molecule has 0 saturated heterocycles. The van der Waals surface area contributed by atoms with Crippen molar-refractivity contribution < 1.29 is 9.53 Å². The molecule has 0 bridgehead atoms. The molecular formula is C16H29N3O2S. The molecule has 1 heterocycles. The minimum atomic E-state index is -0.497. The topological polar surface area (TPSA) is 67.6 Å². The molecule has 3 N–H and O–H groups in total. The normalized spacial score (nSPS) is 14.7. The van der Waals surface area contributed by atoms with Gasteiger partial charge in [0.1, 0.15) is 5.60 Å². The quantitative estimate of drug-likeness (QED) is 0.808. The summed E-state index contributed by atoms with van der Waals surface area (Å²) in [6.45, 7) is 11.8. The molecule has 0 fully saturated rings. The fourth-order valence-corrected chi connectivity index (χ4v) is 3.05. The van der Waals surface area contributed by atoms with Gasteiger partial charge in [0.05, 0.1) is 0 Å². The highest BCUT2D eigenvalue weighted by Gasteiger charge is 2.26. The van der Waals surface area contributed by atoms with Gasteiger partial charge in [-0.15, -0.1) is 11.3 Å². The van der Waals surface area contributed by atoms with Gasteiger partial charge in [-0.2, -0.15) is 0 Å². The Morgan fingerprint density at radius 1 is 1.50 bits per heavy atom. The van der Waals surface area contributed by atoms with Crippen LogP contribution in [0, 0.1) is 0 Å². The third-order valence-electron chi connectivity index (χ3n) is 3.38. The monoisotopic (exact) mass is 327 g/mol. The van der Waals surface area contributed by atoms with Crippen LogP contribution in [0.25, 0.3) is 0 Å². The van der Waals surface area contributed by atoms with Gasteiger partial charge in [-0.3, -0.25) is 4.90 Å². The molecule has 1 aromatic heterocycles. The van der Waals surface area contributed by atoms with E-state index in [0.29, 0.717) is 6.54 Å². The van der Waals surface area contributed by atoms with Gasteiger partial charge in [-0.25, -0.2) is 4.79 Å². The van der Waals surface area contributed by atoms with Gasteiger partial charge >= 0.3 is 6.09 Å². The minimum absolute atomic E-state index is 0.0691. The van der Waals surface area contributed by atoms with Crippen LogP contribution in [0.4, 0.5) is 4.79 Å². The van der Waals surface area contributed by atoms with Crippen LogP contribution in [0.2, 0.25) is 0 Å². The van der Waals surface area contributed by atoms with Crippen molar-refractivity contribution in [2.45, 2.75) is 58.8 Å². The first kappa shape index (κ1) is 18.9. The Hall–Kier alpha value is -1.11. The van der Waals surface area contributed by atoms with Gasteiger partial charge in [0.2, 0.25) is 0 Å².